The highest BCUT2D eigenvalue weighted by atomic mass is 16.1. The molecule has 162 valence electrons. The molecule has 0 aliphatic carbocycles. The van der Waals surface area contributed by atoms with Crippen LogP contribution in [0.2, 0.25) is 0 Å². The van der Waals surface area contributed by atoms with Gasteiger partial charge in [0.05, 0.1) is 16.6 Å². The molecule has 0 aliphatic rings. The van der Waals surface area contributed by atoms with Gasteiger partial charge in [-0.15, -0.1) is 5.10 Å². The summed E-state index contributed by atoms with van der Waals surface area (Å²) in [5.41, 5.74) is 3.02. The molecule has 1 N–H and O–H groups in total. The molecule has 0 saturated heterocycles. The molecule has 1 amide bonds. The van der Waals surface area contributed by atoms with Crippen molar-refractivity contribution in [2.45, 2.75) is 6.92 Å². The summed E-state index contributed by atoms with van der Waals surface area (Å²) in [5.74, 6) is 0.904. The Hall–Kier alpha value is -4.66. The van der Waals surface area contributed by atoms with Crippen LogP contribution in [0.25, 0.3) is 28.0 Å². The monoisotopic (exact) mass is 437 g/mol. The molecule has 0 saturated carbocycles. The minimum Gasteiger partial charge on any atom is -0.322 e. The van der Waals surface area contributed by atoms with Gasteiger partial charge in [0, 0.05) is 23.9 Å². The third kappa shape index (κ3) is 3.76. The third-order valence-corrected chi connectivity index (χ3v) is 5.33. The van der Waals surface area contributed by atoms with Crippen molar-refractivity contribution < 1.29 is 4.79 Å². The van der Waals surface area contributed by atoms with Crippen LogP contribution in [-0.2, 0) is 7.05 Å². The van der Waals surface area contributed by atoms with Crippen LogP contribution in [0.5, 0.6) is 0 Å². The van der Waals surface area contributed by atoms with Gasteiger partial charge in [-0.05, 0) is 65.9 Å². The maximum atomic E-state index is 13.0. The van der Waals surface area contributed by atoms with Crippen molar-refractivity contribution in [3.05, 3.63) is 94.5 Å². The van der Waals surface area contributed by atoms with Crippen LogP contribution < -0.4 is 10.9 Å². The number of rotatable bonds is 4. The van der Waals surface area contributed by atoms with E-state index in [9.17, 15) is 9.59 Å². The Morgan fingerprint density at radius 1 is 0.970 bits per heavy atom. The number of nitrogens with one attached hydrogen (secondary N) is 1. The lowest BCUT2D eigenvalue weighted by atomic mass is 10.1. The minimum atomic E-state index is -0.268. The minimum absolute atomic E-state index is 0.148. The largest absolute Gasteiger partial charge is 0.322 e. The fourth-order valence-electron chi connectivity index (χ4n) is 3.72. The van der Waals surface area contributed by atoms with Crippen molar-refractivity contribution in [3.8, 4) is 17.1 Å². The number of carbonyl (C=O) groups is 1. The number of aromatic nitrogens is 6. The van der Waals surface area contributed by atoms with E-state index >= 15 is 0 Å². The van der Waals surface area contributed by atoms with Crippen LogP contribution in [0.15, 0.2) is 77.6 Å². The standard InChI is InChI=1S/C24H19N7O2/c1-15-25-21-9-4-3-8-20(21)24(33)31(15)19-12-10-16(11-13-19)23(32)26-18-7-5-6-17(14-18)22-27-28-29-30(22)2/h3-14H,1-2H3,(H,26,32). The third-order valence-electron chi connectivity index (χ3n) is 5.33. The van der Waals surface area contributed by atoms with E-state index in [1.807, 2.05) is 36.4 Å². The number of nitrogens with zero attached hydrogens (tertiary/aromatic N) is 6. The Bertz CT molecular complexity index is 1550. The molecule has 0 atom stereocenters. The second-order valence-corrected chi connectivity index (χ2v) is 7.52. The van der Waals surface area contributed by atoms with Gasteiger partial charge < -0.3 is 5.32 Å². The molecule has 5 rings (SSSR count). The average Bonchev–Trinajstić information content (AvgIpc) is 3.25. The summed E-state index contributed by atoms with van der Waals surface area (Å²) >= 11 is 0. The van der Waals surface area contributed by atoms with E-state index < -0.39 is 0 Å². The van der Waals surface area contributed by atoms with Crippen LogP contribution >= 0.6 is 0 Å². The van der Waals surface area contributed by atoms with Crippen molar-refractivity contribution in [1.82, 2.24) is 29.8 Å². The van der Waals surface area contributed by atoms with Crippen molar-refractivity contribution in [1.29, 1.82) is 0 Å². The fourth-order valence-corrected chi connectivity index (χ4v) is 3.72. The molecule has 9 nitrogen and oxygen atoms in total. The van der Waals surface area contributed by atoms with Gasteiger partial charge in [0.25, 0.3) is 11.5 Å². The van der Waals surface area contributed by atoms with E-state index in [2.05, 4.69) is 25.8 Å². The van der Waals surface area contributed by atoms with E-state index in [1.165, 1.54) is 0 Å². The molecule has 0 fully saturated rings. The summed E-state index contributed by atoms with van der Waals surface area (Å²) < 4.78 is 3.10. The lowest BCUT2D eigenvalue weighted by Gasteiger charge is -2.12. The van der Waals surface area contributed by atoms with E-state index in [1.54, 1.807) is 59.6 Å². The summed E-state index contributed by atoms with van der Waals surface area (Å²) in [4.78, 5) is 30.3. The summed E-state index contributed by atoms with van der Waals surface area (Å²) in [6, 6.07) is 21.4. The molecule has 2 heterocycles. The predicted molar refractivity (Wildman–Crippen MR) is 124 cm³/mol. The number of aryl methyl sites for hydroxylation is 2. The first-order chi connectivity index (χ1) is 16.0. The Morgan fingerprint density at radius 2 is 1.76 bits per heavy atom. The normalized spacial score (nSPS) is 11.0. The summed E-state index contributed by atoms with van der Waals surface area (Å²) in [6.07, 6.45) is 0. The van der Waals surface area contributed by atoms with Gasteiger partial charge in [0.15, 0.2) is 5.82 Å². The second kappa shape index (κ2) is 8.12. The molecule has 3 aromatic carbocycles. The number of para-hydroxylation sites is 1. The first-order valence-corrected chi connectivity index (χ1v) is 10.2. The van der Waals surface area contributed by atoms with Crippen LogP contribution in [0.4, 0.5) is 5.69 Å². The molecule has 0 bridgehead atoms. The maximum absolute atomic E-state index is 13.0. The van der Waals surface area contributed by atoms with Crippen molar-refractivity contribution in [2.24, 2.45) is 7.05 Å². The second-order valence-electron chi connectivity index (χ2n) is 7.52. The summed E-state index contributed by atoms with van der Waals surface area (Å²) in [6.45, 7) is 1.79. The molecule has 0 radical (unpaired) electrons. The van der Waals surface area contributed by atoms with Gasteiger partial charge in [-0.3, -0.25) is 14.2 Å². The lowest BCUT2D eigenvalue weighted by molar-refractivity contribution is 0.102. The Kier molecular flexibility index (Phi) is 4.98. The smallest absolute Gasteiger partial charge is 0.265 e. The molecule has 0 spiro atoms. The molecule has 0 aliphatic heterocycles. The van der Waals surface area contributed by atoms with Gasteiger partial charge in [0.1, 0.15) is 5.82 Å². The highest BCUT2D eigenvalue weighted by Crippen LogP contribution is 2.20. The Morgan fingerprint density at radius 3 is 2.52 bits per heavy atom. The zero-order valence-corrected chi connectivity index (χ0v) is 17.9. The summed E-state index contributed by atoms with van der Waals surface area (Å²) in [7, 11) is 1.75. The van der Waals surface area contributed by atoms with Gasteiger partial charge in [-0.25, -0.2) is 9.67 Å². The maximum Gasteiger partial charge on any atom is 0.265 e. The van der Waals surface area contributed by atoms with Gasteiger partial charge in [-0.2, -0.15) is 0 Å². The predicted octanol–water partition coefficient (Wildman–Crippen LogP) is 3.14. The zero-order valence-electron chi connectivity index (χ0n) is 17.9. The zero-order chi connectivity index (χ0) is 22.9. The van der Waals surface area contributed by atoms with Crippen molar-refractivity contribution in [3.63, 3.8) is 0 Å². The average molecular weight is 437 g/mol. The highest BCUT2D eigenvalue weighted by Gasteiger charge is 2.12. The first-order valence-electron chi connectivity index (χ1n) is 10.2. The SMILES string of the molecule is Cc1nc2ccccc2c(=O)n1-c1ccc(C(=O)Nc2cccc(-c3nnnn3C)c2)cc1. The molecule has 0 unspecified atom stereocenters. The van der Waals surface area contributed by atoms with Crippen LogP contribution in [0.1, 0.15) is 16.2 Å². The molecule has 2 aromatic heterocycles. The van der Waals surface area contributed by atoms with E-state index in [4.69, 9.17) is 0 Å². The van der Waals surface area contributed by atoms with Gasteiger partial charge in [-0.1, -0.05) is 24.3 Å². The molecule has 9 heteroatoms. The Balaban J connectivity index is 1.41. The fraction of sp³-hybridized carbons (Fsp3) is 0.0833. The number of hydrogen-bond donors (Lipinski definition) is 1. The quantitative estimate of drug-likeness (QED) is 0.463. The lowest BCUT2D eigenvalue weighted by Crippen LogP contribution is -2.22. The number of carbonyl (C=O) groups excluding carboxylic acids is 1. The highest BCUT2D eigenvalue weighted by molar-refractivity contribution is 6.04. The van der Waals surface area contributed by atoms with E-state index in [0.29, 0.717) is 39.5 Å². The molecule has 5 aromatic rings. The van der Waals surface area contributed by atoms with E-state index in [-0.39, 0.29) is 11.5 Å². The van der Waals surface area contributed by atoms with E-state index in [0.717, 1.165) is 5.56 Å². The van der Waals surface area contributed by atoms with Gasteiger partial charge in [0.2, 0.25) is 0 Å². The summed E-state index contributed by atoms with van der Waals surface area (Å²) in [5, 5.41) is 14.9. The van der Waals surface area contributed by atoms with Gasteiger partial charge >= 0.3 is 0 Å². The molecular weight excluding hydrogens is 418 g/mol. The van der Waals surface area contributed by atoms with Crippen LogP contribution in [-0.4, -0.2) is 35.7 Å². The van der Waals surface area contributed by atoms with Crippen LogP contribution in [0, 0.1) is 6.92 Å². The first kappa shape index (κ1) is 20.3. The number of amides is 1. The number of fused-ring (bicyclic) bond motifs is 1. The topological polar surface area (TPSA) is 108 Å². The van der Waals surface area contributed by atoms with Crippen molar-refractivity contribution in [2.75, 3.05) is 5.32 Å². The number of tetrazole rings is 1. The van der Waals surface area contributed by atoms with Crippen molar-refractivity contribution >= 4 is 22.5 Å². The molecular formula is C24H19N7O2. The Labute approximate surface area is 188 Å². The molecule has 33 heavy (non-hydrogen) atoms. The van der Waals surface area contributed by atoms with Crippen LogP contribution in [0.3, 0.4) is 0 Å². The number of hydrogen-bond acceptors (Lipinski definition) is 6. The number of anilines is 1. The number of benzene rings is 3.